The second-order valence-corrected chi connectivity index (χ2v) is 9.31. The second kappa shape index (κ2) is 12.7. The first-order valence-electron chi connectivity index (χ1n) is 10.7. The smallest absolute Gasteiger partial charge is 0.279 e. The quantitative estimate of drug-likeness (QED) is 0.369. The minimum atomic E-state index is -0.611. The number of hydrogen-bond acceptors (Lipinski definition) is 6. The maximum atomic E-state index is 12.8. The van der Waals surface area contributed by atoms with Gasteiger partial charge in [0.05, 0.1) is 6.04 Å². The maximum Gasteiger partial charge on any atom is 0.279 e. The molecular weight excluding hydrogens is 481 g/mol. The Morgan fingerprint density at radius 2 is 1.82 bits per heavy atom. The van der Waals surface area contributed by atoms with Gasteiger partial charge in [0.25, 0.3) is 5.24 Å². The lowest BCUT2D eigenvalue weighted by atomic mass is 10.1. The lowest BCUT2D eigenvalue weighted by Crippen LogP contribution is -2.40. The molecule has 0 radical (unpaired) electrons. The molecule has 0 aliphatic carbocycles. The van der Waals surface area contributed by atoms with Crippen LogP contribution in [0.4, 0.5) is 4.79 Å². The number of benzene rings is 2. The van der Waals surface area contributed by atoms with Crippen LogP contribution in [0, 0.1) is 0 Å². The van der Waals surface area contributed by atoms with E-state index in [-0.39, 0.29) is 17.6 Å². The molecule has 0 aliphatic heterocycles. The first-order valence-corrected chi connectivity index (χ1v) is 12.4. The molecule has 10 heteroatoms. The van der Waals surface area contributed by atoms with Crippen LogP contribution in [0.3, 0.4) is 0 Å². The summed E-state index contributed by atoms with van der Waals surface area (Å²) in [5, 5.41) is 15.2. The fourth-order valence-corrected chi connectivity index (χ4v) is 4.50. The molecule has 0 fully saturated rings. The summed E-state index contributed by atoms with van der Waals surface area (Å²) < 4.78 is 1.42. The van der Waals surface area contributed by atoms with Gasteiger partial charge in [0, 0.05) is 22.2 Å². The Kier molecular flexibility index (Phi) is 9.72. The van der Waals surface area contributed by atoms with Crippen molar-refractivity contribution in [1.29, 1.82) is 0 Å². The molecule has 0 saturated heterocycles. The molecule has 0 spiro atoms. The van der Waals surface area contributed by atoms with Gasteiger partial charge in [-0.15, -0.1) is 5.10 Å². The first kappa shape index (κ1) is 25.2. The average Bonchev–Trinajstić information content (AvgIpc) is 3.24. The van der Waals surface area contributed by atoms with Crippen LogP contribution in [0.15, 0.2) is 48.5 Å². The molecule has 1 aromatic heterocycles. The Morgan fingerprint density at radius 1 is 1.09 bits per heavy atom. The third-order valence-electron chi connectivity index (χ3n) is 5.08. The van der Waals surface area contributed by atoms with Crippen molar-refractivity contribution in [2.45, 2.75) is 45.2 Å². The van der Waals surface area contributed by atoms with E-state index in [2.05, 4.69) is 33.0 Å². The van der Waals surface area contributed by atoms with Crippen LogP contribution in [-0.4, -0.2) is 43.0 Å². The van der Waals surface area contributed by atoms with Gasteiger partial charge in [-0.1, -0.05) is 78.3 Å². The predicted molar refractivity (Wildman–Crippen MR) is 132 cm³/mol. The summed E-state index contributed by atoms with van der Waals surface area (Å²) in [4.78, 5) is 25.2. The van der Waals surface area contributed by atoms with Crippen molar-refractivity contribution in [3.8, 4) is 0 Å². The van der Waals surface area contributed by atoms with Gasteiger partial charge in [-0.25, -0.2) is 4.68 Å². The third kappa shape index (κ3) is 7.55. The van der Waals surface area contributed by atoms with E-state index in [1.54, 1.807) is 18.2 Å². The highest BCUT2D eigenvalue weighted by molar-refractivity contribution is 8.13. The number of tetrazole rings is 1. The van der Waals surface area contributed by atoms with Gasteiger partial charge < -0.3 is 5.32 Å². The van der Waals surface area contributed by atoms with Crippen molar-refractivity contribution in [2.24, 2.45) is 0 Å². The number of aromatic nitrogens is 4. The van der Waals surface area contributed by atoms with E-state index in [1.165, 1.54) is 22.0 Å². The number of thioether (sulfide) groups is 1. The van der Waals surface area contributed by atoms with E-state index in [0.717, 1.165) is 12.8 Å². The van der Waals surface area contributed by atoms with Crippen LogP contribution in [0.25, 0.3) is 0 Å². The normalized spacial score (nSPS) is 11.8. The highest BCUT2D eigenvalue weighted by Crippen LogP contribution is 2.26. The molecule has 33 heavy (non-hydrogen) atoms. The number of carbonyl (C=O) groups excluding carboxylic acids is 2. The third-order valence-corrected chi connectivity index (χ3v) is 6.66. The molecule has 3 aromatic rings. The molecule has 174 valence electrons. The molecule has 0 aliphatic rings. The fourth-order valence-electron chi connectivity index (χ4n) is 3.27. The number of carbonyl (C=O) groups is 2. The number of rotatable bonds is 11. The summed E-state index contributed by atoms with van der Waals surface area (Å²) in [6.07, 6.45) is 2.56. The van der Waals surface area contributed by atoms with Crippen molar-refractivity contribution in [3.63, 3.8) is 0 Å². The van der Waals surface area contributed by atoms with E-state index >= 15 is 0 Å². The predicted octanol–water partition coefficient (Wildman–Crippen LogP) is 4.99. The SMILES string of the molecule is CCC(NC(=O)SCCCc1ccccc1)C(=O)Cn1nnnc1Cc1c(Cl)cccc1Cl. The standard InChI is InChI=1S/C23H25Cl2N5O2S/c1-2-20(26-23(32)33-13-7-10-16-8-4-3-5-9-16)21(31)15-30-22(27-28-29-30)14-17-18(24)11-6-12-19(17)25/h3-6,8-9,11-12,20H,2,7,10,13-15H2,1H3,(H,26,32). The van der Waals surface area contributed by atoms with Crippen molar-refractivity contribution < 1.29 is 9.59 Å². The Morgan fingerprint density at radius 3 is 2.52 bits per heavy atom. The Labute approximate surface area is 207 Å². The van der Waals surface area contributed by atoms with E-state index in [1.807, 2.05) is 25.1 Å². The Bertz CT molecular complexity index is 1060. The highest BCUT2D eigenvalue weighted by Gasteiger charge is 2.22. The Hall–Kier alpha value is -2.42. The van der Waals surface area contributed by atoms with Gasteiger partial charge in [-0.05, 0) is 52.9 Å². The Balaban J connectivity index is 1.50. The van der Waals surface area contributed by atoms with Gasteiger partial charge in [-0.2, -0.15) is 0 Å². The van der Waals surface area contributed by atoms with Crippen LogP contribution >= 0.6 is 35.0 Å². The minimum Gasteiger partial charge on any atom is -0.337 e. The van der Waals surface area contributed by atoms with E-state index < -0.39 is 6.04 Å². The molecular formula is C23H25Cl2N5O2S. The topological polar surface area (TPSA) is 89.8 Å². The molecule has 2 aromatic carbocycles. The lowest BCUT2D eigenvalue weighted by molar-refractivity contribution is -0.121. The van der Waals surface area contributed by atoms with Crippen LogP contribution < -0.4 is 5.32 Å². The number of Topliss-reactive ketones (excluding diaryl/α,β-unsaturated/α-hetero) is 1. The zero-order valence-corrected chi connectivity index (χ0v) is 20.5. The molecule has 1 heterocycles. The number of amides is 1. The summed E-state index contributed by atoms with van der Waals surface area (Å²) in [5.74, 6) is 0.977. The van der Waals surface area contributed by atoms with Gasteiger partial charge in [0.2, 0.25) is 0 Å². The van der Waals surface area contributed by atoms with E-state index in [9.17, 15) is 9.59 Å². The largest absolute Gasteiger partial charge is 0.337 e. The first-order chi connectivity index (χ1) is 16.0. The second-order valence-electron chi connectivity index (χ2n) is 7.43. The minimum absolute atomic E-state index is 0.0537. The zero-order chi connectivity index (χ0) is 23.6. The van der Waals surface area contributed by atoms with Crippen molar-refractivity contribution in [3.05, 3.63) is 75.5 Å². The molecule has 1 atom stereocenters. The van der Waals surface area contributed by atoms with Crippen LogP contribution in [0.5, 0.6) is 0 Å². The van der Waals surface area contributed by atoms with Gasteiger partial charge in [0.15, 0.2) is 11.6 Å². The van der Waals surface area contributed by atoms with Crippen molar-refractivity contribution in [1.82, 2.24) is 25.5 Å². The summed E-state index contributed by atoms with van der Waals surface area (Å²) >= 11 is 13.7. The highest BCUT2D eigenvalue weighted by atomic mass is 35.5. The fraction of sp³-hybridized carbons (Fsp3) is 0.348. The van der Waals surface area contributed by atoms with Gasteiger partial charge >= 0.3 is 0 Å². The van der Waals surface area contributed by atoms with Crippen LogP contribution in [-0.2, 0) is 24.2 Å². The van der Waals surface area contributed by atoms with Crippen molar-refractivity contribution in [2.75, 3.05) is 5.75 Å². The molecule has 0 bridgehead atoms. The maximum absolute atomic E-state index is 12.8. The number of nitrogens with one attached hydrogen (secondary N) is 1. The molecule has 1 N–H and O–H groups in total. The monoisotopic (exact) mass is 505 g/mol. The molecule has 0 saturated carbocycles. The van der Waals surface area contributed by atoms with Crippen molar-refractivity contribution >= 4 is 46.0 Å². The number of nitrogens with zero attached hydrogens (tertiary/aromatic N) is 4. The van der Waals surface area contributed by atoms with E-state index in [0.29, 0.717) is 40.0 Å². The molecule has 1 unspecified atom stereocenters. The van der Waals surface area contributed by atoms with Crippen LogP contribution in [0.1, 0.15) is 36.7 Å². The summed E-state index contributed by atoms with van der Waals surface area (Å²) in [5.41, 5.74) is 1.94. The summed E-state index contributed by atoms with van der Waals surface area (Å²) in [7, 11) is 0. The zero-order valence-electron chi connectivity index (χ0n) is 18.2. The number of hydrogen-bond donors (Lipinski definition) is 1. The molecule has 7 nitrogen and oxygen atoms in total. The van der Waals surface area contributed by atoms with E-state index in [4.69, 9.17) is 23.2 Å². The number of ketones is 1. The molecule has 1 amide bonds. The number of halogens is 2. The lowest BCUT2D eigenvalue weighted by Gasteiger charge is -2.16. The summed E-state index contributed by atoms with van der Waals surface area (Å²) in [6.45, 7) is 1.80. The van der Waals surface area contributed by atoms with Gasteiger partial charge in [-0.3, -0.25) is 9.59 Å². The van der Waals surface area contributed by atoms with Gasteiger partial charge in [0.1, 0.15) is 6.54 Å². The van der Waals surface area contributed by atoms with Crippen LogP contribution in [0.2, 0.25) is 10.0 Å². The number of aryl methyl sites for hydroxylation is 1. The molecule has 3 rings (SSSR count). The average molecular weight is 506 g/mol. The summed E-state index contributed by atoms with van der Waals surface area (Å²) in [6, 6.07) is 14.8.